The second kappa shape index (κ2) is 6.70. The van der Waals surface area contributed by atoms with E-state index in [-0.39, 0.29) is 8.58 Å². The summed E-state index contributed by atoms with van der Waals surface area (Å²) in [7, 11) is -3.34. The van der Waals surface area contributed by atoms with Crippen LogP contribution in [-0.4, -0.2) is 21.3 Å². The summed E-state index contributed by atoms with van der Waals surface area (Å²) in [6.07, 6.45) is 0. The molecule has 24 heavy (non-hydrogen) atoms. The van der Waals surface area contributed by atoms with Crippen molar-refractivity contribution in [2.75, 3.05) is 0 Å². The van der Waals surface area contributed by atoms with Crippen LogP contribution in [0.2, 0.25) is 39.3 Å². The van der Waals surface area contributed by atoms with Gasteiger partial charge in [0.2, 0.25) is 0 Å². The number of rotatable bonds is 4. The first-order valence-electron chi connectivity index (χ1n) is 7.99. The van der Waals surface area contributed by atoms with Crippen molar-refractivity contribution in [2.24, 2.45) is 0 Å². The standard InChI is InChI=1S/C18H25F2OPSi2/c1-23(2,3)13-10-16(18(21)17(11-13)24(4,5)6)22-15-8-7-12(19)9-14(15)20/h7-11,21-22H,1-6H3. The summed E-state index contributed by atoms with van der Waals surface area (Å²) in [5.41, 5.74) is 0. The highest BCUT2D eigenvalue weighted by Gasteiger charge is 2.27. The Morgan fingerprint density at radius 2 is 1.46 bits per heavy atom. The van der Waals surface area contributed by atoms with Gasteiger partial charge in [-0.3, -0.25) is 0 Å². The average molecular weight is 383 g/mol. The molecule has 0 saturated heterocycles. The first-order chi connectivity index (χ1) is 10.9. The fourth-order valence-electron chi connectivity index (χ4n) is 2.47. The molecule has 0 spiro atoms. The minimum atomic E-state index is -1.74. The Hall–Kier alpha value is -1.04. The highest BCUT2D eigenvalue weighted by Crippen LogP contribution is 2.21. The molecule has 6 heteroatoms. The maximum atomic E-state index is 14.0. The molecular formula is C18H25F2OPSi2. The van der Waals surface area contributed by atoms with E-state index in [0.29, 0.717) is 11.1 Å². The topological polar surface area (TPSA) is 20.2 Å². The van der Waals surface area contributed by atoms with Crippen molar-refractivity contribution in [3.63, 3.8) is 0 Å². The number of phenolic OH excluding ortho intramolecular Hbond substituents is 1. The van der Waals surface area contributed by atoms with Crippen LogP contribution in [0.25, 0.3) is 0 Å². The molecule has 1 N–H and O–H groups in total. The molecule has 130 valence electrons. The van der Waals surface area contributed by atoms with Crippen molar-refractivity contribution in [1.29, 1.82) is 0 Å². The Kier molecular flexibility index (Phi) is 5.38. The lowest BCUT2D eigenvalue weighted by Crippen LogP contribution is -2.47. The van der Waals surface area contributed by atoms with Gasteiger partial charge in [-0.2, -0.15) is 0 Å². The Labute approximate surface area is 146 Å². The van der Waals surface area contributed by atoms with Gasteiger partial charge in [0, 0.05) is 16.7 Å². The number of halogens is 2. The molecule has 0 aromatic heterocycles. The van der Waals surface area contributed by atoms with E-state index in [1.54, 1.807) is 0 Å². The summed E-state index contributed by atoms with van der Waals surface area (Å²) in [4.78, 5) is 0. The third kappa shape index (κ3) is 4.32. The Morgan fingerprint density at radius 3 is 1.96 bits per heavy atom. The molecule has 2 aromatic rings. The predicted molar refractivity (Wildman–Crippen MR) is 108 cm³/mol. The van der Waals surface area contributed by atoms with Gasteiger partial charge in [0.1, 0.15) is 17.4 Å². The molecule has 0 aliphatic heterocycles. The van der Waals surface area contributed by atoms with Crippen LogP contribution >= 0.6 is 8.58 Å². The van der Waals surface area contributed by atoms with E-state index in [2.05, 4.69) is 45.3 Å². The smallest absolute Gasteiger partial charge is 0.133 e. The maximum Gasteiger partial charge on any atom is 0.133 e. The van der Waals surface area contributed by atoms with Crippen molar-refractivity contribution in [3.05, 3.63) is 42.0 Å². The summed E-state index contributed by atoms with van der Waals surface area (Å²) in [5.74, 6) is -0.845. The molecule has 1 atom stereocenters. The SMILES string of the molecule is C[Si](C)(C)c1cc(Pc2ccc(F)cc2F)c(O)c([Si](C)(C)C)c1. The van der Waals surface area contributed by atoms with Crippen LogP contribution in [0.3, 0.4) is 0 Å². The van der Waals surface area contributed by atoms with Gasteiger partial charge in [-0.15, -0.1) is 0 Å². The van der Waals surface area contributed by atoms with Gasteiger partial charge in [0.25, 0.3) is 0 Å². The van der Waals surface area contributed by atoms with Crippen LogP contribution in [0.4, 0.5) is 8.78 Å². The van der Waals surface area contributed by atoms with Gasteiger partial charge in [0.15, 0.2) is 0 Å². The molecule has 2 rings (SSSR count). The molecule has 1 nitrogen and oxygen atoms in total. The third-order valence-electron chi connectivity index (χ3n) is 3.98. The molecule has 0 saturated carbocycles. The van der Waals surface area contributed by atoms with Gasteiger partial charge in [0.05, 0.1) is 16.1 Å². The summed E-state index contributed by atoms with van der Waals surface area (Å²) in [6.45, 7) is 13.4. The van der Waals surface area contributed by atoms with Crippen LogP contribution < -0.4 is 21.0 Å². The Bertz CT molecular complexity index is 765. The van der Waals surface area contributed by atoms with Gasteiger partial charge >= 0.3 is 0 Å². The minimum absolute atomic E-state index is 0.0255. The van der Waals surface area contributed by atoms with Gasteiger partial charge < -0.3 is 5.11 Å². The van der Waals surface area contributed by atoms with Gasteiger partial charge in [-0.05, 0) is 17.3 Å². The minimum Gasteiger partial charge on any atom is -0.507 e. The number of hydrogen-bond acceptors (Lipinski definition) is 1. The van der Waals surface area contributed by atoms with E-state index in [4.69, 9.17) is 0 Å². The van der Waals surface area contributed by atoms with Crippen LogP contribution in [0.1, 0.15) is 0 Å². The average Bonchev–Trinajstić information content (AvgIpc) is 2.41. The zero-order valence-corrected chi connectivity index (χ0v) is 18.1. The zero-order chi connectivity index (χ0) is 18.3. The van der Waals surface area contributed by atoms with E-state index >= 15 is 0 Å². The van der Waals surface area contributed by atoms with Crippen molar-refractivity contribution in [2.45, 2.75) is 39.3 Å². The van der Waals surface area contributed by atoms with E-state index in [9.17, 15) is 13.9 Å². The van der Waals surface area contributed by atoms with Crippen LogP contribution in [0, 0.1) is 11.6 Å². The van der Waals surface area contributed by atoms with Crippen LogP contribution in [0.15, 0.2) is 30.3 Å². The number of benzene rings is 2. The molecule has 1 unspecified atom stereocenters. The number of aromatic hydroxyl groups is 1. The molecule has 0 aliphatic rings. The van der Waals surface area contributed by atoms with Gasteiger partial charge in [-0.1, -0.05) is 65.2 Å². The predicted octanol–water partition coefficient (Wildman–Crippen LogP) is 3.39. The number of hydrogen-bond donors (Lipinski definition) is 1. The fraction of sp³-hybridized carbons (Fsp3) is 0.333. The monoisotopic (exact) mass is 382 g/mol. The lowest BCUT2D eigenvalue weighted by molar-refractivity contribution is 0.484. The molecule has 2 aromatic carbocycles. The lowest BCUT2D eigenvalue weighted by Gasteiger charge is -2.25. The summed E-state index contributed by atoms with van der Waals surface area (Å²) in [5, 5.41) is 14.3. The highest BCUT2D eigenvalue weighted by atomic mass is 31.1. The largest absolute Gasteiger partial charge is 0.507 e. The molecule has 0 heterocycles. The first-order valence-corrected chi connectivity index (χ1v) is 16.0. The summed E-state index contributed by atoms with van der Waals surface area (Å²) < 4.78 is 27.2. The zero-order valence-electron chi connectivity index (χ0n) is 15.1. The molecule has 0 fully saturated rings. The Morgan fingerprint density at radius 1 is 0.833 bits per heavy atom. The third-order valence-corrected chi connectivity index (χ3v) is 9.33. The van der Waals surface area contributed by atoms with Crippen molar-refractivity contribution < 1.29 is 13.9 Å². The van der Waals surface area contributed by atoms with Crippen LogP contribution in [0.5, 0.6) is 5.75 Å². The van der Waals surface area contributed by atoms with E-state index < -0.39 is 27.8 Å². The first kappa shape index (κ1) is 19.3. The van der Waals surface area contributed by atoms with Crippen LogP contribution in [-0.2, 0) is 0 Å². The quantitative estimate of drug-likeness (QED) is 0.635. The maximum absolute atomic E-state index is 14.0. The molecule has 0 radical (unpaired) electrons. The molecule has 0 aliphatic carbocycles. The molecule has 0 bridgehead atoms. The molecule has 0 amide bonds. The van der Waals surface area contributed by atoms with E-state index in [1.165, 1.54) is 17.3 Å². The number of phenols is 1. The lowest BCUT2D eigenvalue weighted by atomic mass is 10.3. The summed E-state index contributed by atoms with van der Waals surface area (Å²) in [6, 6.07) is 7.82. The highest BCUT2D eigenvalue weighted by molar-refractivity contribution is 7.55. The fourth-order valence-corrected chi connectivity index (χ4v) is 6.60. The Balaban J connectivity index is 2.60. The van der Waals surface area contributed by atoms with Crippen molar-refractivity contribution in [3.8, 4) is 5.75 Å². The van der Waals surface area contributed by atoms with Crippen molar-refractivity contribution in [1.82, 2.24) is 0 Å². The van der Waals surface area contributed by atoms with Crippen molar-refractivity contribution >= 4 is 45.7 Å². The molecular weight excluding hydrogens is 357 g/mol. The van der Waals surface area contributed by atoms with E-state index in [1.807, 2.05) is 6.07 Å². The second-order valence-electron chi connectivity index (χ2n) is 8.17. The summed E-state index contributed by atoms with van der Waals surface area (Å²) >= 11 is 0. The second-order valence-corrected chi connectivity index (χ2v) is 19.6. The van der Waals surface area contributed by atoms with Gasteiger partial charge in [-0.25, -0.2) is 8.78 Å². The normalized spacial score (nSPS) is 13.0. The van der Waals surface area contributed by atoms with E-state index in [0.717, 1.165) is 16.6 Å².